The van der Waals surface area contributed by atoms with E-state index in [-0.39, 0.29) is 91.4 Å². The number of rotatable bonds is 6. The van der Waals surface area contributed by atoms with Crippen molar-refractivity contribution in [1.82, 2.24) is 29.9 Å². The number of hydrogen-bond donors (Lipinski definition) is 0. The molecule has 0 spiro atoms. The average molecular weight is 1960 g/mol. The second-order valence-corrected chi connectivity index (χ2v) is 31.3. The number of pyridine rings is 6. The van der Waals surface area contributed by atoms with Gasteiger partial charge in [-0.25, -0.2) is 13.2 Å². The molecule has 18 aromatic rings. The molecular weight excluding hydrogens is 1880 g/mol. The van der Waals surface area contributed by atoms with E-state index in [0.29, 0.717) is 82.8 Å². The molecule has 6 aromatic heterocycles. The van der Waals surface area contributed by atoms with E-state index in [1.165, 1.54) is 104 Å². The summed E-state index contributed by atoms with van der Waals surface area (Å²) >= 11 is 0. The molecule has 0 N–H and O–H groups in total. The molecule has 0 fully saturated rings. The van der Waals surface area contributed by atoms with Crippen LogP contribution in [-0.4, -0.2) is 29.9 Å². The maximum atomic E-state index is 13.7. The summed E-state index contributed by atoms with van der Waals surface area (Å²) in [6.07, 6.45) is 9.04. The van der Waals surface area contributed by atoms with E-state index in [1.807, 2.05) is 91.4 Å². The first-order chi connectivity index (χ1) is 58.0. The van der Waals surface area contributed by atoms with Crippen LogP contribution in [0.1, 0.15) is 91.6 Å². The first-order valence-electron chi connectivity index (χ1n) is 39.4. The Bertz CT molecular complexity index is 6250. The number of nitrogens with zero attached hydrogens (tertiary/aromatic N) is 6. The maximum absolute atomic E-state index is 13.7. The van der Waals surface area contributed by atoms with Gasteiger partial charge in [-0.15, -0.1) is 159 Å². The van der Waals surface area contributed by atoms with Gasteiger partial charge in [-0.1, -0.05) is 294 Å². The molecule has 122 heavy (non-hydrogen) atoms. The van der Waals surface area contributed by atoms with E-state index in [4.69, 9.17) is 0 Å². The van der Waals surface area contributed by atoms with Crippen LogP contribution in [-0.2, 0) is 56.5 Å². The molecule has 12 aromatic carbocycles. The number of hydrogen-bond acceptors (Lipinski definition) is 6. The molecule has 0 amide bonds. The monoisotopic (exact) mass is 1960 g/mol. The maximum Gasteiger partial charge on any atom is 0.147 e. The Morgan fingerprint density at radius 3 is 0.721 bits per heavy atom. The molecule has 3 aliphatic rings. The molecule has 0 atom stereocenters. The summed E-state index contributed by atoms with van der Waals surface area (Å²) in [5, 5.41) is 3.60. The quantitative estimate of drug-likeness (QED) is 0.122. The van der Waals surface area contributed by atoms with Crippen LogP contribution in [0.2, 0.25) is 0 Å². The fraction of sp³-hybridized carbons (Fsp3) is 0.111. The summed E-state index contributed by atoms with van der Waals surface area (Å²) in [4.78, 5) is 25.7. The van der Waals surface area contributed by atoms with Gasteiger partial charge < -0.3 is 29.9 Å². The Morgan fingerprint density at radius 1 is 0.230 bits per heavy atom. The molecule has 0 unspecified atom stereocenters. The van der Waals surface area contributed by atoms with E-state index in [0.717, 1.165) is 33.8 Å². The van der Waals surface area contributed by atoms with Crippen molar-refractivity contribution in [2.75, 3.05) is 0 Å². The van der Waals surface area contributed by atoms with Crippen LogP contribution in [0.5, 0.6) is 0 Å². The zero-order chi connectivity index (χ0) is 83.6. The summed E-state index contributed by atoms with van der Waals surface area (Å²) in [5.41, 5.74) is 27.8. The van der Waals surface area contributed by atoms with Crippen LogP contribution in [0.4, 0.5) is 26.3 Å². The molecule has 0 bridgehead atoms. The van der Waals surface area contributed by atoms with Gasteiger partial charge in [-0.05, 0) is 101 Å². The minimum atomic E-state index is -0.363. The Labute approximate surface area is 734 Å². The predicted octanol–water partition coefficient (Wildman–Crippen LogP) is 27.4. The van der Waals surface area contributed by atoms with Crippen LogP contribution in [0.15, 0.2) is 310 Å². The van der Waals surface area contributed by atoms with Crippen molar-refractivity contribution >= 4 is 32.3 Å². The van der Waals surface area contributed by atoms with Gasteiger partial charge >= 0.3 is 0 Å². The molecule has 0 aliphatic heterocycles. The minimum Gasteiger partial charge on any atom is -0.305 e. The van der Waals surface area contributed by atoms with Crippen LogP contribution < -0.4 is 0 Å². The van der Waals surface area contributed by atoms with Crippen molar-refractivity contribution < 1.29 is 66.6 Å². The topological polar surface area (TPSA) is 77.3 Å². The van der Waals surface area contributed by atoms with Crippen molar-refractivity contribution in [3.05, 3.63) is 432 Å². The largest absolute Gasteiger partial charge is 0.305 e. The normalized spacial score (nSPS) is 12.6. The van der Waals surface area contributed by atoms with E-state index in [9.17, 15) is 26.3 Å². The summed E-state index contributed by atoms with van der Waals surface area (Å²) in [6.45, 7) is 18.8. The average Bonchev–Trinajstić information content (AvgIpc) is 1.59. The van der Waals surface area contributed by atoms with Gasteiger partial charge in [0.2, 0.25) is 0 Å². The van der Waals surface area contributed by atoms with Crippen molar-refractivity contribution in [3.63, 3.8) is 0 Å². The number of benzene rings is 12. The third kappa shape index (κ3) is 17.1. The van der Waals surface area contributed by atoms with Crippen LogP contribution in [0.3, 0.4) is 0 Å². The Balaban J connectivity index is 0.000000119. The molecule has 6 nitrogen and oxygen atoms in total. The van der Waals surface area contributed by atoms with Gasteiger partial charge in [-0.2, -0.15) is 0 Å². The standard InChI is InChI=1S/3C20H16N.3C16H10F2N.2Ir/c3*1-20(2)17-8-4-3-7-15(17)16-11-10-14(13-18(16)20)19-9-5-6-12-21-19;3*1-10-8-11(6-7-14(10)17)16-13-5-3-2-4-12(13)15(18)9-19-16;;/h3*3-9,11-13H,1-2H3;3*2-5,7-9H,1H3;;/q6*-1;;. The number of halogens is 6. The van der Waals surface area contributed by atoms with Crippen molar-refractivity contribution in [3.8, 4) is 101 Å². The summed E-state index contributed by atoms with van der Waals surface area (Å²) in [5.74, 6) is -2.02. The van der Waals surface area contributed by atoms with Crippen LogP contribution in [0, 0.1) is 92.1 Å². The fourth-order valence-corrected chi connectivity index (χ4v) is 16.2. The van der Waals surface area contributed by atoms with Gasteiger partial charge in [-0.3, -0.25) is 13.2 Å². The summed E-state index contributed by atoms with van der Waals surface area (Å²) in [6, 6.07) is 106. The SMILES string of the molecule is CC1(C)c2ccccc2-c2c[c-]c(-c3ccccn3)cc21.CC1(C)c2ccccc2-c2c[c-]c(-c3ccccn3)cc21.CC1(C)c2ccccc2-c2c[c-]c(-c3ccccn3)cc21.Cc1cc(-c2ncc(F)c3ccccc23)[c-]cc1F.Cc1cc(-c2ncc(F)c3ccccc23)[c-]cc1F.Cc1cc(-c2ncc(F)c3ccccc23)[c-]cc1F.[Ir].[Ir]. The molecule has 606 valence electrons. The van der Waals surface area contributed by atoms with Gasteiger partial charge in [0.25, 0.3) is 0 Å². The molecule has 0 saturated heterocycles. The molecular formula is C108H78F6Ir2N6-6. The molecule has 3 aliphatic carbocycles. The van der Waals surface area contributed by atoms with Crippen molar-refractivity contribution in [2.45, 2.75) is 78.6 Å². The molecule has 2 radical (unpaired) electrons. The van der Waals surface area contributed by atoms with Gasteiger partial charge in [0.1, 0.15) is 17.5 Å². The fourth-order valence-electron chi connectivity index (χ4n) is 16.2. The Hall–Kier alpha value is -12.8. The predicted molar refractivity (Wildman–Crippen MR) is 470 cm³/mol. The third-order valence-corrected chi connectivity index (χ3v) is 22.6. The van der Waals surface area contributed by atoms with Gasteiger partial charge in [0.05, 0.1) is 18.6 Å². The first-order valence-corrected chi connectivity index (χ1v) is 39.4. The third-order valence-electron chi connectivity index (χ3n) is 22.6. The molecule has 0 saturated carbocycles. The van der Waals surface area contributed by atoms with Gasteiger partial charge in [0.15, 0.2) is 0 Å². The zero-order valence-electron chi connectivity index (χ0n) is 68.1. The first kappa shape index (κ1) is 85.6. The van der Waals surface area contributed by atoms with Crippen molar-refractivity contribution in [2.24, 2.45) is 0 Å². The molecule has 14 heteroatoms. The Kier molecular flexibility index (Phi) is 25.4. The second-order valence-electron chi connectivity index (χ2n) is 31.3. The minimum absolute atomic E-state index is 0. The smallest absolute Gasteiger partial charge is 0.147 e. The van der Waals surface area contributed by atoms with E-state index < -0.39 is 0 Å². The molecule has 21 rings (SSSR count). The summed E-state index contributed by atoms with van der Waals surface area (Å²) < 4.78 is 80.9. The Morgan fingerprint density at radius 2 is 0.467 bits per heavy atom. The van der Waals surface area contributed by atoms with Crippen molar-refractivity contribution in [1.29, 1.82) is 0 Å². The second kappa shape index (κ2) is 36.3. The molecule has 6 heterocycles. The van der Waals surface area contributed by atoms with E-state index in [2.05, 4.69) is 217 Å². The van der Waals surface area contributed by atoms with Gasteiger partial charge in [0, 0.05) is 92.4 Å². The van der Waals surface area contributed by atoms with Crippen LogP contribution in [0.25, 0.3) is 133 Å². The number of fused-ring (bicyclic) bond motifs is 12. The van der Waals surface area contributed by atoms with Crippen LogP contribution >= 0.6 is 0 Å². The summed E-state index contributed by atoms with van der Waals surface area (Å²) in [7, 11) is 0. The number of aryl methyl sites for hydroxylation is 3. The number of aromatic nitrogens is 6. The van der Waals surface area contributed by atoms with E-state index >= 15 is 0 Å². The zero-order valence-corrected chi connectivity index (χ0v) is 72.9. The van der Waals surface area contributed by atoms with E-state index in [1.54, 1.807) is 93.6 Å².